The van der Waals surface area contributed by atoms with Crippen LogP contribution in [0.4, 0.5) is 16.2 Å². The van der Waals surface area contributed by atoms with Crippen LogP contribution in [0.5, 0.6) is 0 Å². The molecule has 212 valence electrons. The van der Waals surface area contributed by atoms with E-state index < -0.39 is 26.7 Å². The Morgan fingerprint density at radius 1 is 0.975 bits per heavy atom. The van der Waals surface area contributed by atoms with Crippen LogP contribution >= 0.6 is 0 Å². The minimum Gasteiger partial charge on any atom is -0.443 e. The third-order valence-electron chi connectivity index (χ3n) is 5.86. The fourth-order valence-electron chi connectivity index (χ4n) is 3.71. The number of aryl methyl sites for hydroxylation is 2. The van der Waals surface area contributed by atoms with E-state index in [1.165, 1.54) is 23.1 Å². The first-order chi connectivity index (χ1) is 18.7. The molecule has 0 atom stereocenters. The van der Waals surface area contributed by atoms with Crippen LogP contribution in [0.3, 0.4) is 0 Å². The third-order valence-corrected chi connectivity index (χ3v) is 7.19. The average Bonchev–Trinajstić information content (AvgIpc) is 2.89. The van der Waals surface area contributed by atoms with E-state index in [9.17, 15) is 23.3 Å². The van der Waals surface area contributed by atoms with Gasteiger partial charge in [0.15, 0.2) is 0 Å². The predicted octanol–water partition coefficient (Wildman–Crippen LogP) is 6.78. The van der Waals surface area contributed by atoms with Crippen molar-refractivity contribution in [1.29, 1.82) is 0 Å². The highest BCUT2D eigenvalue weighted by Gasteiger charge is 2.20. The summed E-state index contributed by atoms with van der Waals surface area (Å²) in [5.74, 6) is 0. The van der Waals surface area contributed by atoms with E-state index in [1.54, 1.807) is 70.3 Å². The van der Waals surface area contributed by atoms with Gasteiger partial charge in [0.05, 0.1) is 16.4 Å². The van der Waals surface area contributed by atoms with Gasteiger partial charge in [0.1, 0.15) is 5.60 Å². The molecule has 3 rings (SSSR count). The molecular formula is C30H34N2O7S. The van der Waals surface area contributed by atoms with Gasteiger partial charge >= 0.3 is 6.09 Å². The number of carbonyl (C=O) groups excluding carboxylic acids is 1. The maximum Gasteiger partial charge on any atom is 0.414 e. The molecule has 0 N–H and O–H groups in total. The Hall–Kier alpha value is -4.02. The first-order valence-corrected chi connectivity index (χ1v) is 14.1. The van der Waals surface area contributed by atoms with Gasteiger partial charge in [-0.15, -0.1) is 0 Å². The molecule has 0 aromatic heterocycles. The fourth-order valence-corrected chi connectivity index (χ4v) is 4.65. The summed E-state index contributed by atoms with van der Waals surface area (Å²) in [6, 6.07) is 18.5. The number of hydrogen-bond donors (Lipinski definition) is 0. The lowest BCUT2D eigenvalue weighted by molar-refractivity contribution is -0.385. The maximum atomic E-state index is 12.3. The van der Waals surface area contributed by atoms with Gasteiger partial charge in [-0.05, 0) is 75.9 Å². The number of benzene rings is 3. The van der Waals surface area contributed by atoms with E-state index in [-0.39, 0.29) is 23.6 Å². The predicted molar refractivity (Wildman–Crippen MR) is 156 cm³/mol. The van der Waals surface area contributed by atoms with Crippen LogP contribution in [0.2, 0.25) is 0 Å². The molecule has 0 spiro atoms. The molecule has 3 aromatic rings. The molecule has 0 aliphatic rings. The first kappa shape index (κ1) is 30.5. The Labute approximate surface area is 235 Å². The normalized spacial score (nSPS) is 11.9. The number of anilines is 1. The zero-order valence-electron chi connectivity index (χ0n) is 23.3. The summed E-state index contributed by atoms with van der Waals surface area (Å²) in [5.41, 5.74) is 2.95. The van der Waals surface area contributed by atoms with Gasteiger partial charge in [-0.25, -0.2) is 4.79 Å². The molecular weight excluding hydrogens is 532 g/mol. The molecule has 1 amide bonds. The number of nitrogens with zero attached hydrogens (tertiary/aromatic N) is 2. The summed E-state index contributed by atoms with van der Waals surface area (Å²) in [6.45, 7) is 7.18. The monoisotopic (exact) mass is 566 g/mol. The van der Waals surface area contributed by atoms with Gasteiger partial charge in [0.2, 0.25) is 0 Å². The van der Waals surface area contributed by atoms with Crippen LogP contribution in [0, 0.1) is 17.0 Å². The summed E-state index contributed by atoms with van der Waals surface area (Å²) in [5, 5.41) is 11.7. The molecule has 3 aromatic carbocycles. The highest BCUT2D eigenvalue weighted by atomic mass is 32.2. The largest absolute Gasteiger partial charge is 0.443 e. The van der Waals surface area contributed by atoms with E-state index >= 15 is 0 Å². The van der Waals surface area contributed by atoms with Gasteiger partial charge in [-0.3, -0.25) is 19.2 Å². The summed E-state index contributed by atoms with van der Waals surface area (Å²) in [6.07, 6.45) is 3.71. The smallest absolute Gasteiger partial charge is 0.414 e. The van der Waals surface area contributed by atoms with Gasteiger partial charge in [-0.1, -0.05) is 54.1 Å². The standard InChI is InChI=1S/C30H34N2O7S/c1-22-8-18-27(19-9-22)40(36,37)38-20-6-7-25-15-12-24(21-28(25)32(34)35)11-10-23-13-16-26(17-14-23)31(5)29(33)39-30(2,3)4/h8-19,21H,6-7,20H2,1-5H3/b11-10+. The van der Waals surface area contributed by atoms with Crippen LogP contribution in [-0.4, -0.2) is 38.7 Å². The lowest BCUT2D eigenvalue weighted by Gasteiger charge is -2.24. The number of nitro groups is 1. The van der Waals surface area contributed by atoms with Crippen LogP contribution < -0.4 is 4.90 Å². The van der Waals surface area contributed by atoms with Gasteiger partial charge in [-0.2, -0.15) is 8.42 Å². The minimum atomic E-state index is -3.89. The second-order valence-electron chi connectivity index (χ2n) is 10.3. The number of carbonyl (C=O) groups is 1. The Balaban J connectivity index is 1.61. The van der Waals surface area contributed by atoms with E-state index in [4.69, 9.17) is 8.92 Å². The van der Waals surface area contributed by atoms with Crippen molar-refractivity contribution in [2.24, 2.45) is 0 Å². The summed E-state index contributed by atoms with van der Waals surface area (Å²) in [4.78, 5) is 25.0. The van der Waals surface area contributed by atoms with Gasteiger partial charge < -0.3 is 4.74 Å². The molecule has 0 saturated heterocycles. The fraction of sp³-hybridized carbons (Fsp3) is 0.300. The summed E-state index contributed by atoms with van der Waals surface area (Å²) >= 11 is 0. The molecule has 10 heteroatoms. The molecule has 0 aliphatic heterocycles. The molecule has 0 saturated carbocycles. The van der Waals surface area contributed by atoms with Crippen LogP contribution in [-0.2, 0) is 25.5 Å². The minimum absolute atomic E-state index is 0.0436. The number of rotatable bonds is 10. The highest BCUT2D eigenvalue weighted by Crippen LogP contribution is 2.24. The SMILES string of the molecule is Cc1ccc(S(=O)(=O)OCCCc2ccc(/C=C/c3ccc(N(C)C(=O)OC(C)(C)C)cc3)cc2[N+](=O)[O-])cc1. The molecule has 0 fully saturated rings. The molecule has 0 radical (unpaired) electrons. The number of hydrogen-bond acceptors (Lipinski definition) is 7. The zero-order chi connectivity index (χ0) is 29.5. The van der Waals surface area contributed by atoms with E-state index in [0.717, 1.165) is 11.1 Å². The van der Waals surface area contributed by atoms with Crippen LogP contribution in [0.25, 0.3) is 12.2 Å². The number of ether oxygens (including phenoxy) is 1. The van der Waals surface area contributed by atoms with Gasteiger partial charge in [0.25, 0.3) is 15.8 Å². The Kier molecular flexibility index (Phi) is 9.83. The van der Waals surface area contributed by atoms with Crippen molar-refractivity contribution < 1.29 is 27.1 Å². The molecule has 9 nitrogen and oxygen atoms in total. The number of amides is 1. The zero-order valence-corrected chi connectivity index (χ0v) is 24.1. The van der Waals surface area contributed by atoms with Gasteiger partial charge in [0, 0.05) is 24.4 Å². The summed E-state index contributed by atoms with van der Waals surface area (Å²) in [7, 11) is -2.25. The van der Waals surface area contributed by atoms with Crippen molar-refractivity contribution >= 4 is 39.7 Å². The first-order valence-electron chi connectivity index (χ1n) is 12.7. The summed E-state index contributed by atoms with van der Waals surface area (Å²) < 4.78 is 35.2. The van der Waals surface area contributed by atoms with Crippen molar-refractivity contribution in [3.05, 3.63) is 99.1 Å². The Morgan fingerprint density at radius 3 is 2.17 bits per heavy atom. The lowest BCUT2D eigenvalue weighted by atomic mass is 10.0. The van der Waals surface area contributed by atoms with Crippen LogP contribution in [0.1, 0.15) is 49.4 Å². The maximum absolute atomic E-state index is 12.3. The van der Waals surface area contributed by atoms with Crippen molar-refractivity contribution in [1.82, 2.24) is 0 Å². The van der Waals surface area contributed by atoms with Crippen molar-refractivity contribution in [3.63, 3.8) is 0 Å². The van der Waals surface area contributed by atoms with Crippen molar-refractivity contribution in [2.45, 2.75) is 51.0 Å². The molecule has 0 bridgehead atoms. The quantitative estimate of drug-likeness (QED) is 0.0873. The topological polar surface area (TPSA) is 116 Å². The average molecular weight is 567 g/mol. The molecule has 40 heavy (non-hydrogen) atoms. The molecule has 0 unspecified atom stereocenters. The van der Waals surface area contributed by atoms with E-state index in [0.29, 0.717) is 23.2 Å². The Morgan fingerprint density at radius 2 is 1.57 bits per heavy atom. The second-order valence-corrected chi connectivity index (χ2v) is 11.9. The molecule has 0 heterocycles. The lowest BCUT2D eigenvalue weighted by Crippen LogP contribution is -2.34. The van der Waals surface area contributed by atoms with Crippen molar-refractivity contribution in [2.75, 3.05) is 18.6 Å². The van der Waals surface area contributed by atoms with E-state index in [2.05, 4.69) is 0 Å². The van der Waals surface area contributed by atoms with Crippen LogP contribution in [0.15, 0.2) is 71.6 Å². The third kappa shape index (κ3) is 8.75. The van der Waals surface area contributed by atoms with Crippen molar-refractivity contribution in [3.8, 4) is 0 Å². The van der Waals surface area contributed by atoms with E-state index in [1.807, 2.05) is 25.1 Å². The molecule has 0 aliphatic carbocycles. The highest BCUT2D eigenvalue weighted by molar-refractivity contribution is 7.86. The Bertz CT molecular complexity index is 1470. The second kappa shape index (κ2) is 12.9. The number of nitro benzene ring substituents is 1.